The maximum atomic E-state index is 3.52. The second-order valence-electron chi connectivity index (χ2n) is 6.74. The fourth-order valence-electron chi connectivity index (χ4n) is 4.03. The number of hydrogen-bond donors (Lipinski definition) is 0. The van der Waals surface area contributed by atoms with E-state index in [0.29, 0.717) is 5.92 Å². The van der Waals surface area contributed by atoms with Crippen LogP contribution in [-0.2, 0) is 0 Å². The van der Waals surface area contributed by atoms with Crippen molar-refractivity contribution in [3.8, 4) is 22.3 Å². The van der Waals surface area contributed by atoms with Crippen LogP contribution in [0.4, 0.5) is 0 Å². The Balaban J connectivity index is 1.70. The van der Waals surface area contributed by atoms with Gasteiger partial charge in [-0.15, -0.1) is 0 Å². The number of hydrogen-bond acceptors (Lipinski definition) is 0. The second kappa shape index (κ2) is 6.26. The Kier molecular flexibility index (Phi) is 3.76. The van der Waals surface area contributed by atoms with Crippen LogP contribution in [0, 0.1) is 0 Å². The highest BCUT2D eigenvalue weighted by Crippen LogP contribution is 2.48. The number of halogens is 1. The molecule has 5 rings (SSSR count). The van der Waals surface area contributed by atoms with Crippen molar-refractivity contribution in [3.05, 3.63) is 118 Å². The molecule has 0 heterocycles. The predicted octanol–water partition coefficient (Wildman–Crippen LogP) is 7.28. The van der Waals surface area contributed by atoms with Crippen molar-refractivity contribution in [1.29, 1.82) is 0 Å². The zero-order valence-corrected chi connectivity index (χ0v) is 15.8. The first-order valence-electron chi connectivity index (χ1n) is 8.85. The third-order valence-electron chi connectivity index (χ3n) is 5.24. The molecule has 0 bridgehead atoms. The predicted molar refractivity (Wildman–Crippen MR) is 112 cm³/mol. The van der Waals surface area contributed by atoms with Gasteiger partial charge in [0.25, 0.3) is 0 Å². The van der Waals surface area contributed by atoms with Gasteiger partial charge in [-0.1, -0.05) is 94.8 Å². The summed E-state index contributed by atoms with van der Waals surface area (Å²) in [5.74, 6) is 0.321. The van der Waals surface area contributed by atoms with Gasteiger partial charge >= 0.3 is 0 Å². The molecular weight excluding hydrogens is 380 g/mol. The summed E-state index contributed by atoms with van der Waals surface area (Å²) >= 11 is 3.52. The highest BCUT2D eigenvalue weighted by atomic mass is 79.9. The summed E-state index contributed by atoms with van der Waals surface area (Å²) in [7, 11) is 0. The van der Waals surface area contributed by atoms with Gasteiger partial charge < -0.3 is 0 Å². The van der Waals surface area contributed by atoms with Crippen molar-refractivity contribution in [2.75, 3.05) is 0 Å². The number of rotatable bonds is 2. The number of fused-ring (bicyclic) bond motifs is 3. The molecule has 4 aromatic carbocycles. The van der Waals surface area contributed by atoms with E-state index in [2.05, 4.69) is 113 Å². The monoisotopic (exact) mass is 396 g/mol. The topological polar surface area (TPSA) is 0 Å². The van der Waals surface area contributed by atoms with Crippen molar-refractivity contribution >= 4 is 15.9 Å². The molecule has 4 aromatic rings. The molecule has 0 saturated heterocycles. The van der Waals surface area contributed by atoms with E-state index in [-0.39, 0.29) is 0 Å². The van der Waals surface area contributed by atoms with Crippen LogP contribution in [0.25, 0.3) is 22.3 Å². The molecule has 1 aliphatic carbocycles. The molecule has 1 atom stereocenters. The maximum Gasteiger partial charge on any atom is 0.0352 e. The van der Waals surface area contributed by atoms with Gasteiger partial charge in [0.05, 0.1) is 0 Å². The molecular formula is C25H17Br. The molecule has 0 nitrogen and oxygen atoms in total. The lowest BCUT2D eigenvalue weighted by molar-refractivity contribution is 1.02. The summed E-state index contributed by atoms with van der Waals surface area (Å²) in [4.78, 5) is 0. The van der Waals surface area contributed by atoms with Crippen molar-refractivity contribution in [2.45, 2.75) is 5.92 Å². The normalized spacial score (nSPS) is 14.7. The minimum Gasteiger partial charge on any atom is -0.0622 e. The molecule has 1 heteroatoms. The molecule has 0 spiro atoms. The Morgan fingerprint density at radius 3 is 2.00 bits per heavy atom. The first-order chi connectivity index (χ1) is 12.8. The molecule has 124 valence electrons. The van der Waals surface area contributed by atoms with Crippen LogP contribution in [0.15, 0.2) is 102 Å². The van der Waals surface area contributed by atoms with Crippen LogP contribution in [0.1, 0.15) is 22.6 Å². The molecule has 0 aliphatic heterocycles. The lowest BCUT2D eigenvalue weighted by atomic mass is 9.89. The van der Waals surface area contributed by atoms with Gasteiger partial charge in [-0.25, -0.2) is 0 Å². The zero-order valence-electron chi connectivity index (χ0n) is 14.2. The fraction of sp³-hybridized carbons (Fsp3) is 0.0400. The molecule has 1 unspecified atom stereocenters. The standard InChI is InChI=1S/C25H17Br/c26-20-13-10-17(11-14-20)19-12-15-23-24(16-19)21-8-4-5-9-22(21)25(23)18-6-2-1-3-7-18/h1-16,25H. The van der Waals surface area contributed by atoms with E-state index in [1.54, 1.807) is 0 Å². The van der Waals surface area contributed by atoms with Gasteiger partial charge in [-0.3, -0.25) is 0 Å². The van der Waals surface area contributed by atoms with Crippen LogP contribution in [-0.4, -0.2) is 0 Å². The number of benzene rings is 4. The van der Waals surface area contributed by atoms with Crippen LogP contribution in [0.3, 0.4) is 0 Å². The van der Waals surface area contributed by atoms with Crippen LogP contribution >= 0.6 is 15.9 Å². The third kappa shape index (κ3) is 2.51. The zero-order chi connectivity index (χ0) is 17.5. The summed E-state index contributed by atoms with van der Waals surface area (Å²) in [6.07, 6.45) is 0. The summed E-state index contributed by atoms with van der Waals surface area (Å²) in [5, 5.41) is 0. The quantitative estimate of drug-likeness (QED) is 0.294. The molecule has 0 aromatic heterocycles. The Morgan fingerprint density at radius 2 is 1.19 bits per heavy atom. The van der Waals surface area contributed by atoms with Crippen molar-refractivity contribution in [1.82, 2.24) is 0 Å². The minimum absolute atomic E-state index is 0.321. The van der Waals surface area contributed by atoms with E-state index >= 15 is 0 Å². The minimum atomic E-state index is 0.321. The highest BCUT2D eigenvalue weighted by Gasteiger charge is 2.29. The van der Waals surface area contributed by atoms with Crippen molar-refractivity contribution in [3.63, 3.8) is 0 Å². The van der Waals surface area contributed by atoms with E-state index in [9.17, 15) is 0 Å². The summed E-state index contributed by atoms with van der Waals surface area (Å²) in [6, 6.07) is 35.1. The fourth-order valence-corrected chi connectivity index (χ4v) is 4.29. The lowest BCUT2D eigenvalue weighted by Gasteiger charge is -2.14. The van der Waals surface area contributed by atoms with Crippen LogP contribution < -0.4 is 0 Å². The summed E-state index contributed by atoms with van der Waals surface area (Å²) in [6.45, 7) is 0. The van der Waals surface area contributed by atoms with Gasteiger partial charge in [0, 0.05) is 10.4 Å². The average Bonchev–Trinajstić information content (AvgIpc) is 3.03. The molecule has 0 radical (unpaired) electrons. The third-order valence-corrected chi connectivity index (χ3v) is 5.77. The Hall–Kier alpha value is -2.64. The molecule has 0 amide bonds. The van der Waals surface area contributed by atoms with Crippen LogP contribution in [0.5, 0.6) is 0 Å². The van der Waals surface area contributed by atoms with Gasteiger partial charge in [0.1, 0.15) is 0 Å². The summed E-state index contributed by atoms with van der Waals surface area (Å²) < 4.78 is 1.11. The van der Waals surface area contributed by atoms with Crippen LogP contribution in [0.2, 0.25) is 0 Å². The first-order valence-corrected chi connectivity index (χ1v) is 9.65. The molecule has 0 N–H and O–H groups in total. The molecule has 26 heavy (non-hydrogen) atoms. The van der Waals surface area contributed by atoms with E-state index in [1.807, 2.05) is 0 Å². The highest BCUT2D eigenvalue weighted by molar-refractivity contribution is 9.10. The van der Waals surface area contributed by atoms with Gasteiger partial charge in [0.2, 0.25) is 0 Å². The van der Waals surface area contributed by atoms with E-state index in [1.165, 1.54) is 38.9 Å². The maximum absolute atomic E-state index is 3.52. The van der Waals surface area contributed by atoms with Gasteiger partial charge in [-0.2, -0.15) is 0 Å². The van der Waals surface area contributed by atoms with Gasteiger partial charge in [0.15, 0.2) is 0 Å². The lowest BCUT2D eigenvalue weighted by Crippen LogP contribution is -1.98. The molecule has 0 saturated carbocycles. The molecule has 0 fully saturated rings. The first kappa shape index (κ1) is 15.6. The Bertz CT molecular complexity index is 1080. The largest absolute Gasteiger partial charge is 0.0622 e. The smallest absolute Gasteiger partial charge is 0.0352 e. The van der Waals surface area contributed by atoms with E-state index in [4.69, 9.17) is 0 Å². The van der Waals surface area contributed by atoms with Crippen molar-refractivity contribution < 1.29 is 0 Å². The molecule has 1 aliphatic rings. The summed E-state index contributed by atoms with van der Waals surface area (Å²) in [5.41, 5.74) is 9.39. The van der Waals surface area contributed by atoms with Gasteiger partial charge in [-0.05, 0) is 57.1 Å². The Morgan fingerprint density at radius 1 is 0.538 bits per heavy atom. The second-order valence-corrected chi connectivity index (χ2v) is 7.66. The van der Waals surface area contributed by atoms with E-state index in [0.717, 1.165) is 4.47 Å². The van der Waals surface area contributed by atoms with E-state index < -0.39 is 0 Å². The Labute approximate surface area is 162 Å². The van der Waals surface area contributed by atoms with Crippen molar-refractivity contribution in [2.24, 2.45) is 0 Å². The average molecular weight is 397 g/mol. The SMILES string of the molecule is Brc1ccc(-c2ccc3c(c2)-c2ccccc2C3c2ccccc2)cc1.